The van der Waals surface area contributed by atoms with Crippen LogP contribution in [-0.2, 0) is 11.2 Å². The largest absolute Gasteiger partial charge is 0.476 e. The Labute approximate surface area is 219 Å². The van der Waals surface area contributed by atoms with Crippen LogP contribution in [0.15, 0.2) is 53.7 Å². The van der Waals surface area contributed by atoms with Crippen molar-refractivity contribution < 1.29 is 9.47 Å². The van der Waals surface area contributed by atoms with Crippen LogP contribution >= 0.6 is 0 Å². The van der Waals surface area contributed by atoms with Gasteiger partial charge in [-0.1, -0.05) is 62.5 Å². The maximum absolute atomic E-state index is 6.07. The van der Waals surface area contributed by atoms with Gasteiger partial charge >= 0.3 is 0 Å². The zero-order valence-electron chi connectivity index (χ0n) is 23.4. The molecule has 200 valence electrons. The van der Waals surface area contributed by atoms with Gasteiger partial charge in [0, 0.05) is 25.8 Å². The normalized spacial score (nSPS) is 13.0. The van der Waals surface area contributed by atoms with Gasteiger partial charge in [-0.05, 0) is 66.3 Å². The molecule has 0 saturated carbocycles. The van der Waals surface area contributed by atoms with Crippen LogP contribution < -0.4 is 20.8 Å². The second kappa shape index (κ2) is 23.9. The van der Waals surface area contributed by atoms with E-state index in [1.54, 1.807) is 6.20 Å². The fourth-order valence-corrected chi connectivity index (χ4v) is 2.91. The molecule has 1 aromatic rings. The van der Waals surface area contributed by atoms with Crippen LogP contribution in [0.4, 0.5) is 0 Å². The second-order valence-corrected chi connectivity index (χ2v) is 7.82. The summed E-state index contributed by atoms with van der Waals surface area (Å²) in [4.78, 5) is 13.4. The molecule has 0 aliphatic heterocycles. The number of ether oxygens (including phenoxy) is 2. The molecule has 36 heavy (non-hydrogen) atoms. The monoisotopic (exact) mass is 496 g/mol. The molecule has 1 rings (SSSR count). The molecule has 0 unspecified atom stereocenters. The fraction of sp³-hybridized carbons (Fsp3) is 0.500. The van der Waals surface area contributed by atoms with Crippen LogP contribution in [0.1, 0.15) is 66.5 Å². The highest BCUT2D eigenvalue weighted by Crippen LogP contribution is 2.11. The van der Waals surface area contributed by atoms with Crippen molar-refractivity contribution in [1.29, 1.82) is 0 Å². The Morgan fingerprint density at radius 1 is 0.972 bits per heavy atom. The zero-order valence-corrected chi connectivity index (χ0v) is 23.4. The van der Waals surface area contributed by atoms with Crippen molar-refractivity contribution in [3.05, 3.63) is 65.1 Å². The van der Waals surface area contributed by atoms with Crippen LogP contribution in [0.2, 0.25) is 0 Å². The van der Waals surface area contributed by atoms with E-state index in [1.165, 1.54) is 0 Å². The predicted molar refractivity (Wildman–Crippen MR) is 156 cm³/mol. The topological polar surface area (TPSA) is 68.6 Å². The summed E-state index contributed by atoms with van der Waals surface area (Å²) in [7, 11) is 0. The standard InChI is InChI=1S/C28H42N4O2.C2H6/c1-6-8-9-11-17-27-28(34-23-15-14-22-33-24(3)4)32-26(25(7-2)31-27)18-16-21-30-20-13-10-12-19-29-5;1-2/h6-13,18-19,24,30H,5,14-17,20-23H2,1-4H3;1-2H3/b8-6-,11-9-,13-10+,19-12-,25-7+,26-18+;. The van der Waals surface area contributed by atoms with Crippen molar-refractivity contribution in [2.45, 2.75) is 73.3 Å². The van der Waals surface area contributed by atoms with E-state index in [0.29, 0.717) is 18.9 Å². The minimum absolute atomic E-state index is 0.259. The maximum Gasteiger partial charge on any atom is 0.236 e. The molecule has 6 nitrogen and oxygen atoms in total. The van der Waals surface area contributed by atoms with E-state index in [0.717, 1.165) is 55.4 Å². The number of nitrogens with zero attached hydrogens (tertiary/aromatic N) is 3. The number of unbranched alkanes of at least 4 members (excludes halogenated alkanes) is 1. The van der Waals surface area contributed by atoms with Crippen molar-refractivity contribution >= 4 is 18.9 Å². The molecule has 1 N–H and O–H groups in total. The summed E-state index contributed by atoms with van der Waals surface area (Å²) >= 11 is 0. The first-order chi connectivity index (χ1) is 17.6. The molecule has 0 saturated heterocycles. The van der Waals surface area contributed by atoms with E-state index in [1.807, 2.05) is 70.2 Å². The van der Waals surface area contributed by atoms with Gasteiger partial charge in [-0.2, -0.15) is 0 Å². The Morgan fingerprint density at radius 3 is 2.42 bits per heavy atom. The van der Waals surface area contributed by atoms with Crippen molar-refractivity contribution in [2.75, 3.05) is 26.3 Å². The summed E-state index contributed by atoms with van der Waals surface area (Å²) in [5.41, 5.74) is 0.856. The summed E-state index contributed by atoms with van der Waals surface area (Å²) in [6.45, 7) is 18.5. The Hall–Kier alpha value is -2.83. The number of hydrogen-bond donors (Lipinski definition) is 1. The molecular weight excluding hydrogens is 448 g/mol. The minimum atomic E-state index is 0.259. The van der Waals surface area contributed by atoms with Crippen LogP contribution in [0.25, 0.3) is 12.2 Å². The van der Waals surface area contributed by atoms with Crippen LogP contribution in [-0.4, -0.2) is 49.1 Å². The Morgan fingerprint density at radius 2 is 1.72 bits per heavy atom. The maximum atomic E-state index is 6.07. The molecule has 0 aliphatic carbocycles. The van der Waals surface area contributed by atoms with Crippen molar-refractivity contribution in [1.82, 2.24) is 15.3 Å². The molecular formula is C30H48N4O2. The highest BCUT2D eigenvalue weighted by Gasteiger charge is 2.08. The molecule has 0 radical (unpaired) electrons. The van der Waals surface area contributed by atoms with Crippen molar-refractivity contribution in [2.24, 2.45) is 4.99 Å². The van der Waals surface area contributed by atoms with Gasteiger partial charge < -0.3 is 14.8 Å². The third kappa shape index (κ3) is 16.7. The van der Waals surface area contributed by atoms with Gasteiger partial charge in [0.2, 0.25) is 5.88 Å². The number of hydrogen-bond acceptors (Lipinski definition) is 6. The molecule has 0 aromatic carbocycles. The third-order valence-corrected chi connectivity index (χ3v) is 4.60. The lowest BCUT2D eigenvalue weighted by Crippen LogP contribution is -2.33. The lowest BCUT2D eigenvalue weighted by Gasteiger charge is -2.10. The summed E-state index contributed by atoms with van der Waals surface area (Å²) in [6, 6.07) is 0. The summed E-state index contributed by atoms with van der Waals surface area (Å²) in [5.74, 6) is 0.616. The minimum Gasteiger partial charge on any atom is -0.476 e. The van der Waals surface area contributed by atoms with Crippen LogP contribution in [0.5, 0.6) is 5.88 Å². The van der Waals surface area contributed by atoms with Gasteiger partial charge in [-0.15, -0.1) is 0 Å². The second-order valence-electron chi connectivity index (χ2n) is 7.82. The van der Waals surface area contributed by atoms with Gasteiger partial charge in [0.05, 0.1) is 23.4 Å². The van der Waals surface area contributed by atoms with Gasteiger partial charge in [0.25, 0.3) is 0 Å². The van der Waals surface area contributed by atoms with E-state index in [9.17, 15) is 0 Å². The number of nitrogens with one attached hydrogen (secondary N) is 1. The molecule has 1 aromatic heterocycles. The zero-order chi connectivity index (χ0) is 26.9. The molecule has 0 spiro atoms. The summed E-state index contributed by atoms with van der Waals surface area (Å²) in [5, 5.41) is 5.13. The first-order valence-electron chi connectivity index (χ1n) is 13.2. The number of allylic oxidation sites excluding steroid dienone is 6. The molecule has 6 heteroatoms. The summed E-state index contributed by atoms with van der Waals surface area (Å²) in [6.07, 6.45) is 23.4. The molecule has 1 heterocycles. The van der Waals surface area contributed by atoms with Crippen molar-refractivity contribution in [3.8, 4) is 5.88 Å². The fourth-order valence-electron chi connectivity index (χ4n) is 2.91. The van der Waals surface area contributed by atoms with E-state index in [4.69, 9.17) is 19.4 Å². The van der Waals surface area contributed by atoms with Gasteiger partial charge in [0.15, 0.2) is 0 Å². The highest BCUT2D eigenvalue weighted by atomic mass is 16.5. The van der Waals surface area contributed by atoms with E-state index >= 15 is 0 Å². The van der Waals surface area contributed by atoms with Gasteiger partial charge in [-0.3, -0.25) is 4.99 Å². The first kappa shape index (κ1) is 33.2. The van der Waals surface area contributed by atoms with Gasteiger partial charge in [0.1, 0.15) is 5.69 Å². The first-order valence-corrected chi connectivity index (χ1v) is 13.2. The summed E-state index contributed by atoms with van der Waals surface area (Å²) < 4.78 is 11.7. The van der Waals surface area contributed by atoms with E-state index in [-0.39, 0.29) is 6.10 Å². The number of aromatic nitrogens is 2. The molecule has 0 amide bonds. The number of rotatable bonds is 17. The van der Waals surface area contributed by atoms with Gasteiger partial charge in [-0.25, -0.2) is 9.97 Å². The van der Waals surface area contributed by atoms with E-state index in [2.05, 4.69) is 43.0 Å². The predicted octanol–water partition coefficient (Wildman–Crippen LogP) is 5.09. The third-order valence-electron chi connectivity index (χ3n) is 4.60. The van der Waals surface area contributed by atoms with Crippen LogP contribution in [0, 0.1) is 0 Å². The van der Waals surface area contributed by atoms with E-state index < -0.39 is 0 Å². The smallest absolute Gasteiger partial charge is 0.236 e. The quantitative estimate of drug-likeness (QED) is 0.185. The average molecular weight is 497 g/mol. The van der Waals surface area contributed by atoms with Crippen molar-refractivity contribution in [3.63, 3.8) is 0 Å². The SMILES string of the molecule is C=N/C=C\C=C\CNCC/C=c1/nc(OCCCCOC(C)C)c(C/C=C\C=C/C)n/c1=C/C.CC. The molecule has 0 bridgehead atoms. The average Bonchev–Trinajstić information content (AvgIpc) is 2.89. The Kier molecular flexibility index (Phi) is 22.0. The number of aliphatic imine (C=N–C) groups is 1. The molecule has 0 fully saturated rings. The Balaban J connectivity index is 0.00000596. The van der Waals surface area contributed by atoms with Crippen LogP contribution in [0.3, 0.4) is 0 Å². The lowest BCUT2D eigenvalue weighted by atomic mass is 10.2. The molecule has 0 aliphatic rings. The Bertz CT molecular complexity index is 931. The highest BCUT2D eigenvalue weighted by molar-refractivity contribution is 5.30. The lowest BCUT2D eigenvalue weighted by molar-refractivity contribution is 0.0736. The molecule has 0 atom stereocenters.